The molecule has 1 aliphatic rings. The number of amides is 2. The number of carbonyl (C=O) groups is 3. The number of nitrogens with zero attached hydrogens (tertiary/aromatic N) is 3. The fraction of sp³-hybridized carbons (Fsp3) is 0.250. The molecule has 1 aliphatic heterocycles. The summed E-state index contributed by atoms with van der Waals surface area (Å²) in [6, 6.07) is 18.5. The smallest absolute Gasteiger partial charge is 0.416 e. The number of para-hydroxylation sites is 1. The second-order valence-electron chi connectivity index (χ2n) is 10.2. The van der Waals surface area contributed by atoms with Crippen LogP contribution in [-0.2, 0) is 22.3 Å². The Hall–Kier alpha value is -5.00. The molecule has 0 spiro atoms. The molecule has 0 saturated carbocycles. The number of alkyl halides is 3. The summed E-state index contributed by atoms with van der Waals surface area (Å²) in [7, 11) is 1.21. The van der Waals surface area contributed by atoms with E-state index in [1.54, 1.807) is 35.9 Å². The van der Waals surface area contributed by atoms with Crippen molar-refractivity contribution in [1.82, 2.24) is 15.1 Å². The van der Waals surface area contributed by atoms with Gasteiger partial charge in [0.25, 0.3) is 0 Å². The Balaban J connectivity index is 1.69. The van der Waals surface area contributed by atoms with Crippen LogP contribution in [0, 0.1) is 11.7 Å². The average Bonchev–Trinajstić information content (AvgIpc) is 3.39. The van der Waals surface area contributed by atoms with Crippen LogP contribution in [0.5, 0.6) is 0 Å². The Morgan fingerprint density at radius 3 is 2.34 bits per heavy atom. The van der Waals surface area contributed by atoms with Gasteiger partial charge in [-0.05, 0) is 48.9 Å². The van der Waals surface area contributed by atoms with Gasteiger partial charge < -0.3 is 10.1 Å². The number of halogens is 4. The van der Waals surface area contributed by atoms with Gasteiger partial charge in [0.15, 0.2) is 5.78 Å². The Morgan fingerprint density at radius 2 is 1.70 bits per heavy atom. The molecule has 8 nitrogen and oxygen atoms in total. The number of alkyl carbamates (subject to hydrolysis) is 1. The maximum atomic E-state index is 14.3. The lowest BCUT2D eigenvalue weighted by Crippen LogP contribution is -2.45. The van der Waals surface area contributed by atoms with Crippen molar-refractivity contribution >= 4 is 23.6 Å². The average molecular weight is 609 g/mol. The van der Waals surface area contributed by atoms with Gasteiger partial charge in [-0.2, -0.15) is 18.3 Å². The predicted molar refractivity (Wildman–Crippen MR) is 153 cm³/mol. The van der Waals surface area contributed by atoms with E-state index in [-0.39, 0.29) is 18.7 Å². The van der Waals surface area contributed by atoms with Gasteiger partial charge >= 0.3 is 12.3 Å². The second-order valence-corrected chi connectivity index (χ2v) is 10.2. The highest BCUT2D eigenvalue weighted by Crippen LogP contribution is 2.47. The summed E-state index contributed by atoms with van der Waals surface area (Å²) in [5.74, 6) is -3.16. The maximum Gasteiger partial charge on any atom is 0.416 e. The number of anilines is 1. The quantitative estimate of drug-likeness (QED) is 0.188. The van der Waals surface area contributed by atoms with E-state index >= 15 is 0 Å². The van der Waals surface area contributed by atoms with Gasteiger partial charge in [-0.3, -0.25) is 14.5 Å². The summed E-state index contributed by atoms with van der Waals surface area (Å²) in [5.41, 5.74) is 0.825. The van der Waals surface area contributed by atoms with Crippen LogP contribution in [0.3, 0.4) is 0 Å². The standard InChI is InChI=1S/C32H28F4N4O4/c1-3-39-29-28(25(18-37-31(43)44-2)38-40(29)23-10-5-4-6-11-23)27(19-12-14-22(33)15-13-19)24(30(39)42)17-26(41)20-8-7-9-21(16-20)32(34,35)36/h4-16,24,27H,3,17-18H2,1-2H3,(H,37,43)/t24-,27+/m0/s1. The molecule has 44 heavy (non-hydrogen) atoms. The number of carbonyl (C=O) groups excluding carboxylic acids is 3. The minimum Gasteiger partial charge on any atom is -0.453 e. The lowest BCUT2D eigenvalue weighted by atomic mass is 9.74. The lowest BCUT2D eigenvalue weighted by Gasteiger charge is -2.38. The molecular weight excluding hydrogens is 580 g/mol. The molecule has 0 fully saturated rings. The van der Waals surface area contributed by atoms with Gasteiger partial charge in [0.05, 0.1) is 36.5 Å². The molecule has 2 amide bonds. The number of Topliss-reactive ketones (excluding diaryl/α,β-unsaturated/α-hetero) is 1. The van der Waals surface area contributed by atoms with E-state index in [0.717, 1.165) is 18.2 Å². The molecule has 0 saturated heterocycles. The molecule has 2 heterocycles. The molecule has 2 atom stereocenters. The summed E-state index contributed by atoms with van der Waals surface area (Å²) in [6.45, 7) is 1.82. The van der Waals surface area contributed by atoms with Crippen molar-refractivity contribution in [3.05, 3.63) is 113 Å². The fourth-order valence-electron chi connectivity index (χ4n) is 5.57. The van der Waals surface area contributed by atoms with E-state index in [9.17, 15) is 31.9 Å². The van der Waals surface area contributed by atoms with Crippen LogP contribution in [0.1, 0.15) is 52.0 Å². The van der Waals surface area contributed by atoms with Gasteiger partial charge in [-0.15, -0.1) is 0 Å². The van der Waals surface area contributed by atoms with Crippen molar-refractivity contribution < 1.29 is 36.7 Å². The summed E-state index contributed by atoms with van der Waals surface area (Å²) in [6.07, 6.45) is -5.81. The highest BCUT2D eigenvalue weighted by molar-refractivity contribution is 6.04. The number of rotatable bonds is 8. The first-order valence-electron chi connectivity index (χ1n) is 13.8. The first-order chi connectivity index (χ1) is 21.0. The number of methoxy groups -OCH3 is 1. The SMILES string of the molecule is CCN1C(=O)[C@@H](CC(=O)c2cccc(C(F)(F)F)c2)[C@@H](c2ccc(F)cc2)c2c(CNC(=O)OC)nn(-c3ccccc3)c21. The first kappa shape index (κ1) is 30.5. The Labute approximate surface area is 250 Å². The third-order valence-corrected chi connectivity index (χ3v) is 7.57. The van der Waals surface area contributed by atoms with E-state index < -0.39 is 53.6 Å². The molecule has 12 heteroatoms. The number of aromatic nitrogens is 2. The van der Waals surface area contributed by atoms with Gasteiger partial charge in [-0.25, -0.2) is 13.9 Å². The van der Waals surface area contributed by atoms with Crippen LogP contribution < -0.4 is 10.2 Å². The molecule has 4 aromatic rings. The number of ether oxygens (including phenoxy) is 1. The predicted octanol–water partition coefficient (Wildman–Crippen LogP) is 6.27. The van der Waals surface area contributed by atoms with E-state index in [4.69, 9.17) is 9.84 Å². The molecule has 3 aromatic carbocycles. The third kappa shape index (κ3) is 5.92. The molecule has 0 bridgehead atoms. The van der Waals surface area contributed by atoms with Crippen LogP contribution in [0.25, 0.3) is 5.69 Å². The number of nitrogens with one attached hydrogen (secondary N) is 1. The molecule has 1 aromatic heterocycles. The van der Waals surface area contributed by atoms with Crippen LogP contribution >= 0.6 is 0 Å². The number of hydrogen-bond donors (Lipinski definition) is 1. The Kier molecular flexibility index (Phi) is 8.52. The molecule has 228 valence electrons. The maximum absolute atomic E-state index is 14.3. The summed E-state index contributed by atoms with van der Waals surface area (Å²) in [5, 5.41) is 7.39. The normalized spacial score (nSPS) is 16.4. The number of fused-ring (bicyclic) bond motifs is 1. The summed E-state index contributed by atoms with van der Waals surface area (Å²) in [4.78, 5) is 41.3. The van der Waals surface area contributed by atoms with Crippen LogP contribution in [0.15, 0.2) is 78.9 Å². The molecule has 0 radical (unpaired) electrons. The van der Waals surface area contributed by atoms with Gasteiger partial charge in [0.1, 0.15) is 11.6 Å². The van der Waals surface area contributed by atoms with Crippen LogP contribution in [-0.4, -0.2) is 41.2 Å². The van der Waals surface area contributed by atoms with E-state index in [1.807, 2.05) is 6.07 Å². The summed E-state index contributed by atoms with van der Waals surface area (Å²) < 4.78 is 60.6. The highest BCUT2D eigenvalue weighted by atomic mass is 19.4. The van der Waals surface area contributed by atoms with Crippen molar-refractivity contribution in [1.29, 1.82) is 0 Å². The molecule has 5 rings (SSSR count). The molecule has 0 unspecified atom stereocenters. The largest absolute Gasteiger partial charge is 0.453 e. The van der Waals surface area contributed by atoms with E-state index in [0.29, 0.717) is 28.3 Å². The topological polar surface area (TPSA) is 93.5 Å². The van der Waals surface area contributed by atoms with Gasteiger partial charge in [0.2, 0.25) is 5.91 Å². The number of hydrogen-bond acceptors (Lipinski definition) is 5. The molecule has 0 aliphatic carbocycles. The number of benzene rings is 3. The van der Waals surface area contributed by atoms with Crippen molar-refractivity contribution in [3.8, 4) is 5.69 Å². The van der Waals surface area contributed by atoms with Gasteiger partial charge in [-0.1, -0.05) is 42.5 Å². The number of ketones is 1. The van der Waals surface area contributed by atoms with E-state index in [1.165, 1.54) is 42.3 Å². The van der Waals surface area contributed by atoms with Crippen molar-refractivity contribution in [2.75, 3.05) is 18.6 Å². The fourth-order valence-corrected chi connectivity index (χ4v) is 5.57. The zero-order valence-electron chi connectivity index (χ0n) is 23.8. The van der Waals surface area contributed by atoms with Crippen molar-refractivity contribution in [2.24, 2.45) is 5.92 Å². The Bertz CT molecular complexity index is 1690. The molecular formula is C32H28F4N4O4. The zero-order valence-corrected chi connectivity index (χ0v) is 23.8. The highest BCUT2D eigenvalue weighted by Gasteiger charge is 2.46. The third-order valence-electron chi connectivity index (χ3n) is 7.57. The van der Waals surface area contributed by atoms with Crippen LogP contribution in [0.4, 0.5) is 28.2 Å². The van der Waals surface area contributed by atoms with E-state index in [2.05, 4.69) is 5.32 Å². The lowest BCUT2D eigenvalue weighted by molar-refractivity contribution is -0.137. The minimum atomic E-state index is -4.66. The first-order valence-corrected chi connectivity index (χ1v) is 13.8. The van der Waals surface area contributed by atoms with Crippen molar-refractivity contribution in [3.63, 3.8) is 0 Å². The monoisotopic (exact) mass is 608 g/mol. The van der Waals surface area contributed by atoms with Gasteiger partial charge in [0, 0.05) is 30.0 Å². The minimum absolute atomic E-state index is 0.105. The Morgan fingerprint density at radius 1 is 1.00 bits per heavy atom. The van der Waals surface area contributed by atoms with Crippen LogP contribution in [0.2, 0.25) is 0 Å². The summed E-state index contributed by atoms with van der Waals surface area (Å²) >= 11 is 0. The van der Waals surface area contributed by atoms with Crippen molar-refractivity contribution in [2.45, 2.75) is 32.0 Å². The zero-order chi connectivity index (χ0) is 31.6. The second kappa shape index (κ2) is 12.3. The molecule has 1 N–H and O–H groups in total.